The molecular weight excluding hydrogens is 253 g/mol. The van der Waals surface area contributed by atoms with Crippen LogP contribution in [0.4, 0.5) is 4.39 Å². The van der Waals surface area contributed by atoms with Crippen molar-refractivity contribution in [3.63, 3.8) is 0 Å². The zero-order valence-corrected chi connectivity index (χ0v) is 12.7. The molecule has 1 aliphatic rings. The largest absolute Gasteiger partial charge is 0.306 e. The smallest absolute Gasteiger partial charge is 0.138 e. The van der Waals surface area contributed by atoms with Crippen LogP contribution in [0, 0.1) is 11.7 Å². The van der Waals surface area contributed by atoms with Crippen LogP contribution in [0.3, 0.4) is 0 Å². The van der Waals surface area contributed by atoms with Gasteiger partial charge in [0.2, 0.25) is 0 Å². The minimum Gasteiger partial charge on any atom is -0.306 e. The number of benzene rings is 1. The second-order valence-electron chi connectivity index (χ2n) is 6.64. The van der Waals surface area contributed by atoms with Crippen LogP contribution < -0.4 is 0 Å². The highest BCUT2D eigenvalue weighted by Gasteiger charge is 2.30. The summed E-state index contributed by atoms with van der Waals surface area (Å²) >= 11 is 0. The molecule has 1 aromatic rings. The van der Waals surface area contributed by atoms with Crippen molar-refractivity contribution < 1.29 is 9.18 Å². The lowest BCUT2D eigenvalue weighted by Gasteiger charge is -2.32. The Morgan fingerprint density at radius 2 is 2.00 bits per heavy atom. The molecule has 0 N–H and O–H groups in total. The van der Waals surface area contributed by atoms with Gasteiger partial charge in [-0.1, -0.05) is 26.0 Å². The fraction of sp³-hybridized carbons (Fsp3) is 0.588. The molecule has 1 aromatic carbocycles. The van der Waals surface area contributed by atoms with E-state index < -0.39 is 0 Å². The average Bonchev–Trinajstić information content (AvgIpc) is 2.38. The lowest BCUT2D eigenvalue weighted by atomic mass is 9.77. The normalized spacial score (nSPS) is 20.9. The van der Waals surface area contributed by atoms with Gasteiger partial charge >= 0.3 is 0 Å². The monoisotopic (exact) mass is 277 g/mol. The van der Waals surface area contributed by atoms with E-state index >= 15 is 0 Å². The standard InChI is InChI=1S/C17H24FNO/c1-17(2,14-6-8-15(18)9-7-14)11-16(20)13-5-4-10-19(3)12-13/h6-9,13H,4-5,10-12H2,1-3H3/t13-/m0/s1. The molecule has 0 spiro atoms. The summed E-state index contributed by atoms with van der Waals surface area (Å²) < 4.78 is 13.0. The number of Topliss-reactive ketones (excluding diaryl/α,β-unsaturated/α-hetero) is 1. The number of rotatable bonds is 4. The van der Waals surface area contributed by atoms with E-state index in [1.807, 2.05) is 0 Å². The number of likely N-dealkylation sites (tertiary alicyclic amines) is 1. The van der Waals surface area contributed by atoms with E-state index in [0.29, 0.717) is 12.2 Å². The topological polar surface area (TPSA) is 20.3 Å². The SMILES string of the molecule is CN1CCC[C@H](C(=O)CC(C)(C)c2ccc(F)cc2)C1. The molecular formula is C17H24FNO. The van der Waals surface area contributed by atoms with E-state index in [1.54, 1.807) is 12.1 Å². The first-order valence-corrected chi connectivity index (χ1v) is 7.36. The van der Waals surface area contributed by atoms with Crippen molar-refractivity contribution in [3.05, 3.63) is 35.6 Å². The molecule has 1 aliphatic heterocycles. The van der Waals surface area contributed by atoms with Crippen LogP contribution in [0.5, 0.6) is 0 Å². The molecule has 20 heavy (non-hydrogen) atoms. The van der Waals surface area contributed by atoms with E-state index in [-0.39, 0.29) is 17.2 Å². The third-order valence-corrected chi connectivity index (χ3v) is 4.32. The minimum absolute atomic E-state index is 0.161. The van der Waals surface area contributed by atoms with Crippen LogP contribution in [-0.4, -0.2) is 30.8 Å². The molecule has 1 fully saturated rings. The summed E-state index contributed by atoms with van der Waals surface area (Å²) in [6.07, 6.45) is 2.63. The fourth-order valence-corrected chi connectivity index (χ4v) is 3.01. The maximum Gasteiger partial charge on any atom is 0.138 e. The molecule has 0 bridgehead atoms. The molecule has 2 rings (SSSR count). The Morgan fingerprint density at radius 1 is 1.35 bits per heavy atom. The Bertz CT molecular complexity index is 466. The molecule has 110 valence electrons. The maximum atomic E-state index is 13.0. The molecule has 0 unspecified atom stereocenters. The van der Waals surface area contributed by atoms with Gasteiger partial charge in [0.15, 0.2) is 0 Å². The van der Waals surface area contributed by atoms with Gasteiger partial charge in [-0.15, -0.1) is 0 Å². The molecule has 1 atom stereocenters. The third-order valence-electron chi connectivity index (χ3n) is 4.32. The molecule has 0 aliphatic carbocycles. The minimum atomic E-state index is -0.235. The van der Waals surface area contributed by atoms with Crippen LogP contribution in [-0.2, 0) is 10.2 Å². The zero-order chi connectivity index (χ0) is 14.8. The Kier molecular flexibility index (Phi) is 4.59. The molecule has 2 nitrogen and oxygen atoms in total. The van der Waals surface area contributed by atoms with Crippen molar-refractivity contribution in [1.29, 1.82) is 0 Å². The van der Waals surface area contributed by atoms with Gasteiger partial charge in [-0.2, -0.15) is 0 Å². The molecule has 0 amide bonds. The Morgan fingerprint density at radius 3 is 2.60 bits per heavy atom. The van der Waals surface area contributed by atoms with Crippen LogP contribution in [0.15, 0.2) is 24.3 Å². The number of carbonyl (C=O) groups excluding carboxylic acids is 1. The lowest BCUT2D eigenvalue weighted by Crippen LogP contribution is -2.38. The predicted octanol–water partition coefficient (Wildman–Crippen LogP) is 3.40. The Hall–Kier alpha value is -1.22. The van der Waals surface area contributed by atoms with Gasteiger partial charge in [-0.25, -0.2) is 4.39 Å². The van der Waals surface area contributed by atoms with Crippen molar-refractivity contribution in [2.75, 3.05) is 20.1 Å². The summed E-state index contributed by atoms with van der Waals surface area (Å²) in [5.74, 6) is 0.268. The summed E-state index contributed by atoms with van der Waals surface area (Å²) in [6, 6.07) is 6.51. The first-order chi connectivity index (χ1) is 9.38. The number of piperidine rings is 1. The summed E-state index contributed by atoms with van der Waals surface area (Å²) in [6.45, 7) is 6.08. The fourth-order valence-electron chi connectivity index (χ4n) is 3.01. The summed E-state index contributed by atoms with van der Waals surface area (Å²) in [7, 11) is 2.07. The highest BCUT2D eigenvalue weighted by molar-refractivity contribution is 5.82. The zero-order valence-electron chi connectivity index (χ0n) is 12.7. The summed E-state index contributed by atoms with van der Waals surface area (Å²) in [5, 5.41) is 0. The number of ketones is 1. The maximum absolute atomic E-state index is 13.0. The van der Waals surface area contributed by atoms with Gasteiger partial charge in [0.1, 0.15) is 11.6 Å². The van der Waals surface area contributed by atoms with E-state index in [0.717, 1.165) is 31.5 Å². The number of nitrogens with zero attached hydrogens (tertiary/aromatic N) is 1. The summed E-state index contributed by atoms with van der Waals surface area (Å²) in [4.78, 5) is 14.7. The van der Waals surface area contributed by atoms with Crippen molar-refractivity contribution >= 4 is 5.78 Å². The number of hydrogen-bond donors (Lipinski definition) is 0. The Labute approximate surface area is 121 Å². The Balaban J connectivity index is 2.03. The van der Waals surface area contributed by atoms with Crippen LogP contribution in [0.1, 0.15) is 38.7 Å². The van der Waals surface area contributed by atoms with Crippen LogP contribution in [0.25, 0.3) is 0 Å². The number of halogens is 1. The first-order valence-electron chi connectivity index (χ1n) is 7.36. The lowest BCUT2D eigenvalue weighted by molar-refractivity contribution is -0.125. The molecule has 3 heteroatoms. The van der Waals surface area contributed by atoms with E-state index in [2.05, 4.69) is 25.8 Å². The molecule has 0 saturated carbocycles. The first kappa shape index (κ1) is 15.2. The molecule has 1 heterocycles. The summed E-state index contributed by atoms with van der Waals surface area (Å²) in [5.41, 5.74) is 0.789. The van der Waals surface area contributed by atoms with Gasteiger partial charge in [0, 0.05) is 18.9 Å². The van der Waals surface area contributed by atoms with Gasteiger partial charge in [0.25, 0.3) is 0 Å². The quantitative estimate of drug-likeness (QED) is 0.840. The van der Waals surface area contributed by atoms with Crippen LogP contribution in [0.2, 0.25) is 0 Å². The van der Waals surface area contributed by atoms with E-state index in [1.165, 1.54) is 12.1 Å². The number of carbonyl (C=O) groups is 1. The number of hydrogen-bond acceptors (Lipinski definition) is 2. The predicted molar refractivity (Wildman–Crippen MR) is 79.3 cm³/mol. The second kappa shape index (κ2) is 6.04. The highest BCUT2D eigenvalue weighted by Crippen LogP contribution is 2.30. The van der Waals surface area contributed by atoms with E-state index in [9.17, 15) is 9.18 Å². The van der Waals surface area contributed by atoms with Crippen molar-refractivity contribution in [2.45, 2.75) is 38.5 Å². The third kappa shape index (κ3) is 3.66. The molecule has 0 aromatic heterocycles. The molecule has 1 saturated heterocycles. The molecule has 0 radical (unpaired) electrons. The van der Waals surface area contributed by atoms with Crippen LogP contribution >= 0.6 is 0 Å². The van der Waals surface area contributed by atoms with Crippen molar-refractivity contribution in [3.8, 4) is 0 Å². The van der Waals surface area contributed by atoms with Crippen molar-refractivity contribution in [2.24, 2.45) is 5.92 Å². The van der Waals surface area contributed by atoms with Gasteiger partial charge in [-0.05, 0) is 49.5 Å². The highest BCUT2D eigenvalue weighted by atomic mass is 19.1. The van der Waals surface area contributed by atoms with Crippen molar-refractivity contribution in [1.82, 2.24) is 4.90 Å². The van der Waals surface area contributed by atoms with E-state index in [4.69, 9.17) is 0 Å². The van der Waals surface area contributed by atoms with Gasteiger partial charge < -0.3 is 4.90 Å². The van der Waals surface area contributed by atoms with Gasteiger partial charge in [0.05, 0.1) is 0 Å². The van der Waals surface area contributed by atoms with Gasteiger partial charge in [-0.3, -0.25) is 4.79 Å². The second-order valence-corrected chi connectivity index (χ2v) is 6.64. The average molecular weight is 277 g/mol.